The second-order valence-corrected chi connectivity index (χ2v) is 6.30. The van der Waals surface area contributed by atoms with Gasteiger partial charge in [0.2, 0.25) is 0 Å². The highest BCUT2D eigenvalue weighted by Crippen LogP contribution is 2.39. The van der Waals surface area contributed by atoms with Crippen molar-refractivity contribution in [3.63, 3.8) is 0 Å². The Bertz CT molecular complexity index is 956. The van der Waals surface area contributed by atoms with Crippen molar-refractivity contribution in [1.29, 1.82) is 0 Å². The van der Waals surface area contributed by atoms with Crippen molar-refractivity contribution in [3.8, 4) is 0 Å². The number of aliphatic imine (C=N–C) groups is 1. The number of hydrogen-bond donors (Lipinski definition) is 0. The molecule has 0 N–H and O–H groups in total. The van der Waals surface area contributed by atoms with Crippen molar-refractivity contribution in [2.24, 2.45) is 4.99 Å². The smallest absolute Gasteiger partial charge is 0.171 e. The molecule has 21 heavy (non-hydrogen) atoms. The van der Waals surface area contributed by atoms with E-state index in [9.17, 15) is 4.79 Å². The average Bonchev–Trinajstić information content (AvgIpc) is 2.45. The largest absolute Gasteiger partial charge is 0.294 e. The van der Waals surface area contributed by atoms with Gasteiger partial charge in [0.1, 0.15) is 0 Å². The molecule has 0 bridgehead atoms. The number of fused-ring (bicyclic) bond motifs is 4. The maximum absolute atomic E-state index is 12.5. The summed E-state index contributed by atoms with van der Waals surface area (Å²) in [5.74, 6) is 0.158. The molecule has 0 unspecified atom stereocenters. The van der Waals surface area contributed by atoms with Crippen LogP contribution in [0, 0.1) is 0 Å². The van der Waals surface area contributed by atoms with Gasteiger partial charge in [-0.05, 0) is 46.7 Å². The fourth-order valence-corrected chi connectivity index (χ4v) is 3.54. The molecule has 2 nitrogen and oxygen atoms in total. The quantitative estimate of drug-likeness (QED) is 0.502. The molecule has 1 aliphatic rings. The van der Waals surface area contributed by atoms with E-state index in [2.05, 4.69) is 45.2 Å². The van der Waals surface area contributed by atoms with Crippen LogP contribution in [0.5, 0.6) is 0 Å². The minimum Gasteiger partial charge on any atom is -0.294 e. The Labute approximate surface area is 130 Å². The lowest BCUT2D eigenvalue weighted by molar-refractivity contribution is 0.100. The zero-order chi connectivity index (χ0) is 14.6. The van der Waals surface area contributed by atoms with Crippen LogP contribution in [0.25, 0.3) is 21.5 Å². The highest BCUT2D eigenvalue weighted by molar-refractivity contribution is 9.10. The predicted octanol–water partition coefficient (Wildman–Crippen LogP) is 5.43. The van der Waals surface area contributed by atoms with Gasteiger partial charge >= 0.3 is 0 Å². The number of rotatable bonds is 0. The van der Waals surface area contributed by atoms with Gasteiger partial charge in [-0.3, -0.25) is 9.79 Å². The van der Waals surface area contributed by atoms with E-state index in [-0.39, 0.29) is 5.78 Å². The highest BCUT2D eigenvalue weighted by Gasteiger charge is 2.22. The van der Waals surface area contributed by atoms with Crippen LogP contribution in [0.4, 0.5) is 5.69 Å². The number of ketones is 1. The fourth-order valence-electron chi connectivity index (χ4n) is 3.00. The minimum absolute atomic E-state index is 0.158. The molecule has 0 saturated carbocycles. The average molecular weight is 338 g/mol. The Morgan fingerprint density at radius 1 is 1.05 bits per heavy atom. The normalized spacial score (nSPS) is 14.4. The maximum atomic E-state index is 12.5. The van der Waals surface area contributed by atoms with Gasteiger partial charge in [-0.25, -0.2) is 0 Å². The number of nitrogens with zero attached hydrogens (tertiary/aromatic N) is 1. The molecule has 3 heteroatoms. The molecular weight excluding hydrogens is 326 g/mol. The zero-order valence-electron chi connectivity index (χ0n) is 11.5. The van der Waals surface area contributed by atoms with Crippen molar-refractivity contribution in [2.45, 2.75) is 13.3 Å². The molecule has 1 heterocycles. The van der Waals surface area contributed by atoms with Gasteiger partial charge in [0.15, 0.2) is 5.78 Å². The van der Waals surface area contributed by atoms with E-state index in [1.54, 1.807) is 0 Å². The Balaban J connectivity index is 2.20. The van der Waals surface area contributed by atoms with E-state index in [0.29, 0.717) is 6.42 Å². The molecule has 102 valence electrons. The SMILES string of the molecule is CC1=Nc2cc(Br)c3cc4ccccc4cc3c2C(=O)C1. The van der Waals surface area contributed by atoms with Crippen LogP contribution in [0.2, 0.25) is 0 Å². The monoisotopic (exact) mass is 337 g/mol. The lowest BCUT2D eigenvalue weighted by atomic mass is 9.93. The second kappa shape index (κ2) is 4.50. The van der Waals surface area contributed by atoms with Crippen molar-refractivity contribution >= 4 is 54.7 Å². The van der Waals surface area contributed by atoms with Crippen molar-refractivity contribution in [2.75, 3.05) is 0 Å². The molecular formula is C18H12BrNO. The molecule has 0 aliphatic carbocycles. The molecule has 0 radical (unpaired) electrons. The molecule has 4 rings (SSSR count). The van der Waals surface area contributed by atoms with E-state index in [1.807, 2.05) is 25.1 Å². The Morgan fingerprint density at radius 3 is 2.43 bits per heavy atom. The predicted molar refractivity (Wildman–Crippen MR) is 90.9 cm³/mol. The number of hydrogen-bond acceptors (Lipinski definition) is 2. The third kappa shape index (κ3) is 1.92. The third-order valence-electron chi connectivity index (χ3n) is 3.94. The molecule has 0 amide bonds. The fraction of sp³-hybridized carbons (Fsp3) is 0.111. The van der Waals surface area contributed by atoms with Crippen LogP contribution >= 0.6 is 15.9 Å². The summed E-state index contributed by atoms with van der Waals surface area (Å²) in [6.45, 7) is 1.90. The summed E-state index contributed by atoms with van der Waals surface area (Å²) in [7, 11) is 0. The van der Waals surface area contributed by atoms with Crippen molar-refractivity contribution in [3.05, 3.63) is 52.5 Å². The first kappa shape index (κ1) is 12.7. The van der Waals surface area contributed by atoms with Crippen LogP contribution in [-0.2, 0) is 0 Å². The summed E-state index contributed by atoms with van der Waals surface area (Å²) < 4.78 is 0.980. The van der Waals surface area contributed by atoms with Gasteiger partial charge in [0.05, 0.1) is 11.3 Å². The summed E-state index contributed by atoms with van der Waals surface area (Å²) in [5.41, 5.74) is 2.41. The molecule has 3 aromatic rings. The number of carbonyl (C=O) groups excluding carboxylic acids is 1. The highest BCUT2D eigenvalue weighted by atomic mass is 79.9. The standard InChI is InChI=1S/C18H12BrNO/c1-10-6-17(21)18-14-8-12-5-3-2-4-11(12)7-13(14)15(19)9-16(18)20-10/h2-5,7-9H,6H2,1H3. The molecule has 3 aromatic carbocycles. The lowest BCUT2D eigenvalue weighted by Crippen LogP contribution is -2.11. The first-order valence-corrected chi connectivity index (χ1v) is 7.65. The molecule has 0 fully saturated rings. The minimum atomic E-state index is 0.158. The van der Waals surface area contributed by atoms with E-state index in [0.717, 1.165) is 37.6 Å². The van der Waals surface area contributed by atoms with Gasteiger partial charge in [-0.2, -0.15) is 0 Å². The maximum Gasteiger partial charge on any atom is 0.171 e. The van der Waals surface area contributed by atoms with Gasteiger partial charge in [0.25, 0.3) is 0 Å². The topological polar surface area (TPSA) is 29.4 Å². The summed E-state index contributed by atoms with van der Waals surface area (Å²) in [6.07, 6.45) is 0.413. The Kier molecular flexibility index (Phi) is 2.73. The van der Waals surface area contributed by atoms with Gasteiger partial charge in [-0.15, -0.1) is 0 Å². The molecule has 1 aliphatic heterocycles. The van der Waals surface area contributed by atoms with Gasteiger partial charge < -0.3 is 0 Å². The third-order valence-corrected chi connectivity index (χ3v) is 4.59. The van der Waals surface area contributed by atoms with Crippen molar-refractivity contribution < 1.29 is 4.79 Å². The molecule has 0 spiro atoms. The number of Topliss-reactive ketones (excluding diaryl/α,β-unsaturated/α-hetero) is 1. The Morgan fingerprint density at radius 2 is 1.71 bits per heavy atom. The second-order valence-electron chi connectivity index (χ2n) is 5.44. The molecule has 0 aromatic heterocycles. The van der Waals surface area contributed by atoms with E-state index in [4.69, 9.17) is 0 Å². The van der Waals surface area contributed by atoms with Crippen LogP contribution in [0.15, 0.2) is 51.9 Å². The van der Waals surface area contributed by atoms with Crippen LogP contribution in [-0.4, -0.2) is 11.5 Å². The van der Waals surface area contributed by atoms with E-state index < -0.39 is 0 Å². The van der Waals surface area contributed by atoms with Gasteiger partial charge in [0, 0.05) is 16.6 Å². The summed E-state index contributed by atoms with van der Waals surface area (Å²) in [6, 6.07) is 14.4. The number of halogens is 1. The Hall–Kier alpha value is -2.00. The molecule has 0 atom stereocenters. The summed E-state index contributed by atoms with van der Waals surface area (Å²) in [4.78, 5) is 17.0. The first-order chi connectivity index (χ1) is 10.1. The van der Waals surface area contributed by atoms with Crippen LogP contribution in [0.3, 0.4) is 0 Å². The van der Waals surface area contributed by atoms with E-state index in [1.165, 1.54) is 5.39 Å². The first-order valence-electron chi connectivity index (χ1n) is 6.86. The summed E-state index contributed by atoms with van der Waals surface area (Å²) >= 11 is 3.62. The van der Waals surface area contributed by atoms with Crippen LogP contribution in [0.1, 0.15) is 23.7 Å². The zero-order valence-corrected chi connectivity index (χ0v) is 13.1. The summed E-state index contributed by atoms with van der Waals surface area (Å²) in [5, 5.41) is 4.37. The number of benzene rings is 3. The van der Waals surface area contributed by atoms with Gasteiger partial charge in [-0.1, -0.05) is 40.2 Å². The lowest BCUT2D eigenvalue weighted by Gasteiger charge is -2.16. The van der Waals surface area contributed by atoms with Crippen LogP contribution < -0.4 is 0 Å². The van der Waals surface area contributed by atoms with Crippen molar-refractivity contribution in [1.82, 2.24) is 0 Å². The van der Waals surface area contributed by atoms with E-state index >= 15 is 0 Å². The number of carbonyl (C=O) groups is 1. The molecule has 0 saturated heterocycles.